The highest BCUT2D eigenvalue weighted by molar-refractivity contribution is 5.95. The Morgan fingerprint density at radius 2 is 2.29 bits per heavy atom. The van der Waals surface area contributed by atoms with Crippen LogP contribution in [-0.4, -0.2) is 19.0 Å². The molecule has 0 saturated carbocycles. The minimum Gasteiger partial charge on any atom is -0.376 e. The molecule has 2 heteroatoms. The molecule has 0 aromatic carbocycles. The number of ketones is 1. The van der Waals surface area contributed by atoms with Crippen molar-refractivity contribution >= 4 is 5.78 Å². The van der Waals surface area contributed by atoms with Crippen LogP contribution in [0, 0.1) is 0 Å². The standard InChI is InChI=1S/C12H16O2/c1-8(13)11-6-9-4-3-5-10(9)7-12(11)14-2/h6,12H,3-5,7H2,1-2H3. The summed E-state index contributed by atoms with van der Waals surface area (Å²) in [5.41, 5.74) is 3.75. The van der Waals surface area contributed by atoms with Gasteiger partial charge in [-0.3, -0.25) is 4.79 Å². The summed E-state index contributed by atoms with van der Waals surface area (Å²) in [5.74, 6) is 0.148. The van der Waals surface area contributed by atoms with Gasteiger partial charge in [0.2, 0.25) is 0 Å². The van der Waals surface area contributed by atoms with E-state index in [1.165, 1.54) is 24.0 Å². The number of allylic oxidation sites excluding steroid dienone is 2. The lowest BCUT2D eigenvalue weighted by Gasteiger charge is -2.23. The van der Waals surface area contributed by atoms with E-state index in [0.717, 1.165) is 18.4 Å². The van der Waals surface area contributed by atoms with Gasteiger partial charge in [0.1, 0.15) is 0 Å². The number of carbonyl (C=O) groups excluding carboxylic acids is 1. The van der Waals surface area contributed by atoms with Crippen LogP contribution in [0.2, 0.25) is 0 Å². The Balaban J connectivity index is 2.30. The van der Waals surface area contributed by atoms with E-state index in [1.54, 1.807) is 14.0 Å². The minimum atomic E-state index is 0.00403. The Morgan fingerprint density at radius 1 is 1.50 bits per heavy atom. The molecule has 0 aromatic heterocycles. The molecule has 0 aromatic rings. The summed E-state index contributed by atoms with van der Waals surface area (Å²) in [4.78, 5) is 11.4. The molecule has 2 aliphatic carbocycles. The lowest BCUT2D eigenvalue weighted by atomic mass is 9.90. The zero-order chi connectivity index (χ0) is 10.1. The van der Waals surface area contributed by atoms with Crippen LogP contribution in [0.5, 0.6) is 0 Å². The average molecular weight is 192 g/mol. The minimum absolute atomic E-state index is 0.00403. The lowest BCUT2D eigenvalue weighted by Crippen LogP contribution is -2.22. The van der Waals surface area contributed by atoms with E-state index in [2.05, 4.69) is 6.08 Å². The summed E-state index contributed by atoms with van der Waals surface area (Å²) in [6.45, 7) is 1.62. The van der Waals surface area contributed by atoms with Crippen molar-refractivity contribution in [1.82, 2.24) is 0 Å². The number of ether oxygens (including phenoxy) is 1. The Kier molecular flexibility index (Phi) is 2.55. The zero-order valence-corrected chi connectivity index (χ0v) is 8.80. The molecular weight excluding hydrogens is 176 g/mol. The van der Waals surface area contributed by atoms with Gasteiger partial charge < -0.3 is 4.74 Å². The van der Waals surface area contributed by atoms with Crippen molar-refractivity contribution in [3.63, 3.8) is 0 Å². The van der Waals surface area contributed by atoms with Crippen molar-refractivity contribution in [1.29, 1.82) is 0 Å². The molecule has 0 fully saturated rings. The zero-order valence-electron chi connectivity index (χ0n) is 8.80. The second-order valence-electron chi connectivity index (χ2n) is 4.07. The fourth-order valence-electron chi connectivity index (χ4n) is 2.39. The van der Waals surface area contributed by atoms with E-state index in [1.807, 2.05) is 0 Å². The molecular formula is C12H16O2. The first-order valence-electron chi connectivity index (χ1n) is 5.18. The van der Waals surface area contributed by atoms with Crippen LogP contribution < -0.4 is 0 Å². The average Bonchev–Trinajstić information content (AvgIpc) is 2.62. The Labute approximate surface area is 84.6 Å². The fourth-order valence-corrected chi connectivity index (χ4v) is 2.39. The van der Waals surface area contributed by atoms with E-state index >= 15 is 0 Å². The predicted molar refractivity (Wildman–Crippen MR) is 55.1 cm³/mol. The van der Waals surface area contributed by atoms with Crippen molar-refractivity contribution in [2.75, 3.05) is 7.11 Å². The molecule has 0 N–H and O–H groups in total. The molecule has 0 heterocycles. The van der Waals surface area contributed by atoms with Crippen molar-refractivity contribution in [2.24, 2.45) is 0 Å². The Bertz CT molecular complexity index is 323. The molecule has 0 aliphatic heterocycles. The van der Waals surface area contributed by atoms with Gasteiger partial charge >= 0.3 is 0 Å². The van der Waals surface area contributed by atoms with Gasteiger partial charge in [0.05, 0.1) is 6.10 Å². The topological polar surface area (TPSA) is 26.3 Å². The van der Waals surface area contributed by atoms with Crippen LogP contribution in [0.15, 0.2) is 22.8 Å². The van der Waals surface area contributed by atoms with Crippen molar-refractivity contribution < 1.29 is 9.53 Å². The maximum atomic E-state index is 11.4. The summed E-state index contributed by atoms with van der Waals surface area (Å²) in [6, 6.07) is 0. The van der Waals surface area contributed by atoms with Gasteiger partial charge in [-0.2, -0.15) is 0 Å². The van der Waals surface area contributed by atoms with E-state index in [4.69, 9.17) is 4.74 Å². The van der Waals surface area contributed by atoms with Crippen LogP contribution in [0.3, 0.4) is 0 Å². The quantitative estimate of drug-likeness (QED) is 0.671. The summed E-state index contributed by atoms with van der Waals surface area (Å²) >= 11 is 0. The molecule has 2 aliphatic rings. The normalized spacial score (nSPS) is 26.1. The van der Waals surface area contributed by atoms with Gasteiger partial charge in [-0.1, -0.05) is 5.57 Å². The summed E-state index contributed by atoms with van der Waals surface area (Å²) in [7, 11) is 1.68. The van der Waals surface area contributed by atoms with E-state index in [0.29, 0.717) is 0 Å². The first-order valence-corrected chi connectivity index (χ1v) is 5.18. The van der Waals surface area contributed by atoms with Gasteiger partial charge in [0, 0.05) is 12.7 Å². The van der Waals surface area contributed by atoms with Gasteiger partial charge in [-0.15, -0.1) is 0 Å². The molecule has 0 amide bonds. The predicted octanol–water partition coefficient (Wildman–Crippen LogP) is 2.40. The van der Waals surface area contributed by atoms with Crippen LogP contribution in [0.1, 0.15) is 32.6 Å². The van der Waals surface area contributed by atoms with Gasteiger partial charge in [0.15, 0.2) is 5.78 Å². The number of hydrogen-bond donors (Lipinski definition) is 0. The first kappa shape index (κ1) is 9.66. The SMILES string of the molecule is COC1CC2=C(C=C1C(C)=O)CCC2. The molecule has 0 bridgehead atoms. The highest BCUT2D eigenvalue weighted by atomic mass is 16.5. The summed E-state index contributed by atoms with van der Waals surface area (Å²) in [5, 5.41) is 0. The van der Waals surface area contributed by atoms with Crippen LogP contribution >= 0.6 is 0 Å². The fraction of sp³-hybridized carbons (Fsp3) is 0.583. The third-order valence-electron chi connectivity index (χ3n) is 3.18. The van der Waals surface area contributed by atoms with Crippen LogP contribution in [-0.2, 0) is 9.53 Å². The molecule has 0 saturated heterocycles. The van der Waals surface area contributed by atoms with E-state index in [-0.39, 0.29) is 11.9 Å². The molecule has 1 unspecified atom stereocenters. The number of carbonyl (C=O) groups is 1. The van der Waals surface area contributed by atoms with Crippen molar-refractivity contribution in [3.8, 4) is 0 Å². The highest BCUT2D eigenvalue weighted by Gasteiger charge is 2.27. The lowest BCUT2D eigenvalue weighted by molar-refractivity contribution is -0.114. The van der Waals surface area contributed by atoms with E-state index in [9.17, 15) is 4.79 Å². The molecule has 1 atom stereocenters. The van der Waals surface area contributed by atoms with Crippen LogP contribution in [0.4, 0.5) is 0 Å². The molecule has 14 heavy (non-hydrogen) atoms. The summed E-state index contributed by atoms with van der Waals surface area (Å²) < 4.78 is 5.35. The molecule has 2 nitrogen and oxygen atoms in total. The largest absolute Gasteiger partial charge is 0.376 e. The number of methoxy groups -OCH3 is 1. The van der Waals surface area contributed by atoms with E-state index < -0.39 is 0 Å². The second kappa shape index (κ2) is 3.70. The van der Waals surface area contributed by atoms with Gasteiger partial charge in [-0.25, -0.2) is 0 Å². The van der Waals surface area contributed by atoms with Crippen LogP contribution in [0.25, 0.3) is 0 Å². The van der Waals surface area contributed by atoms with Gasteiger partial charge in [0.25, 0.3) is 0 Å². The maximum Gasteiger partial charge on any atom is 0.158 e. The van der Waals surface area contributed by atoms with Crippen molar-refractivity contribution in [2.45, 2.75) is 38.7 Å². The molecule has 0 spiro atoms. The number of hydrogen-bond acceptors (Lipinski definition) is 2. The molecule has 0 radical (unpaired) electrons. The highest BCUT2D eigenvalue weighted by Crippen LogP contribution is 2.36. The molecule has 2 rings (SSSR count). The second-order valence-corrected chi connectivity index (χ2v) is 4.07. The monoisotopic (exact) mass is 192 g/mol. The molecule has 76 valence electrons. The Morgan fingerprint density at radius 3 is 2.93 bits per heavy atom. The van der Waals surface area contributed by atoms with Crippen molar-refractivity contribution in [3.05, 3.63) is 22.8 Å². The maximum absolute atomic E-state index is 11.4. The summed E-state index contributed by atoms with van der Waals surface area (Å²) in [6.07, 6.45) is 6.56. The third kappa shape index (κ3) is 1.55. The third-order valence-corrected chi connectivity index (χ3v) is 3.18. The number of Topliss-reactive ketones (excluding diaryl/α,β-unsaturated/α-hetero) is 1. The smallest absolute Gasteiger partial charge is 0.158 e. The van der Waals surface area contributed by atoms with Gasteiger partial charge in [-0.05, 0) is 44.3 Å². The first-order chi connectivity index (χ1) is 6.72. The number of rotatable bonds is 2. The Hall–Kier alpha value is -0.890.